The molecule has 1 atom stereocenters. The van der Waals surface area contributed by atoms with Crippen molar-refractivity contribution >= 4 is 0 Å². The quantitative estimate of drug-likeness (QED) is 0.729. The van der Waals surface area contributed by atoms with Crippen LogP contribution in [0.4, 0.5) is 13.2 Å². The van der Waals surface area contributed by atoms with Crippen LogP contribution in [-0.4, -0.2) is 36.6 Å². The second-order valence-electron chi connectivity index (χ2n) is 3.90. The number of alkyl halides is 3. The van der Waals surface area contributed by atoms with Gasteiger partial charge in [0.1, 0.15) is 13.2 Å². The molecule has 0 fully saturated rings. The molecule has 1 aromatic rings. The molecule has 9 heteroatoms. The van der Waals surface area contributed by atoms with E-state index in [1.54, 1.807) is 7.11 Å². The number of hydrogen-bond acceptors (Lipinski definition) is 6. The highest BCUT2D eigenvalue weighted by Crippen LogP contribution is 2.16. The number of methoxy groups -OCH3 is 1. The Morgan fingerprint density at radius 2 is 2.16 bits per heavy atom. The molecule has 0 aliphatic carbocycles. The van der Waals surface area contributed by atoms with Crippen molar-refractivity contribution in [2.75, 3.05) is 20.3 Å². The predicted octanol–water partition coefficient (Wildman–Crippen LogP) is 1.57. The van der Waals surface area contributed by atoms with E-state index in [1.807, 2.05) is 0 Å². The van der Waals surface area contributed by atoms with Gasteiger partial charge in [0.25, 0.3) is 0 Å². The molecule has 0 spiro atoms. The molecule has 0 saturated heterocycles. The lowest BCUT2D eigenvalue weighted by Gasteiger charge is -2.05. The Kier molecular flexibility index (Phi) is 6.19. The normalized spacial score (nSPS) is 13.7. The maximum absolute atomic E-state index is 11.8. The minimum Gasteiger partial charge on any atom is -0.385 e. The average molecular weight is 283 g/mol. The summed E-state index contributed by atoms with van der Waals surface area (Å²) in [5.74, 6) is 0.225. The summed E-state index contributed by atoms with van der Waals surface area (Å²) in [4.78, 5) is 3.87. The number of hydrogen-bond donors (Lipinski definition) is 1. The summed E-state index contributed by atoms with van der Waals surface area (Å²) in [5, 5.41) is 3.50. The van der Waals surface area contributed by atoms with Gasteiger partial charge in [-0.2, -0.15) is 18.2 Å². The molecule has 110 valence electrons. The van der Waals surface area contributed by atoms with Gasteiger partial charge in [-0.1, -0.05) is 5.16 Å². The lowest BCUT2D eigenvalue weighted by Crippen LogP contribution is -2.17. The summed E-state index contributed by atoms with van der Waals surface area (Å²) in [5.41, 5.74) is 5.77. The van der Waals surface area contributed by atoms with Crippen molar-refractivity contribution in [2.24, 2.45) is 5.73 Å². The van der Waals surface area contributed by atoms with E-state index in [2.05, 4.69) is 14.9 Å². The van der Waals surface area contributed by atoms with E-state index < -0.39 is 18.8 Å². The highest BCUT2D eigenvalue weighted by molar-refractivity contribution is 4.90. The molecule has 0 radical (unpaired) electrons. The van der Waals surface area contributed by atoms with Gasteiger partial charge in [-0.25, -0.2) is 0 Å². The van der Waals surface area contributed by atoms with Crippen molar-refractivity contribution in [1.82, 2.24) is 10.1 Å². The van der Waals surface area contributed by atoms with Gasteiger partial charge in [-0.3, -0.25) is 0 Å². The topological polar surface area (TPSA) is 83.4 Å². The number of ether oxygens (including phenoxy) is 2. The molecule has 19 heavy (non-hydrogen) atoms. The van der Waals surface area contributed by atoms with Crippen molar-refractivity contribution in [1.29, 1.82) is 0 Å². The summed E-state index contributed by atoms with van der Waals surface area (Å²) in [6.45, 7) is -1.16. The van der Waals surface area contributed by atoms with Crippen LogP contribution in [0.2, 0.25) is 0 Å². The lowest BCUT2D eigenvalue weighted by atomic mass is 10.2. The van der Waals surface area contributed by atoms with Crippen molar-refractivity contribution in [3.63, 3.8) is 0 Å². The van der Waals surface area contributed by atoms with E-state index in [9.17, 15) is 13.2 Å². The molecule has 1 heterocycles. The third kappa shape index (κ3) is 6.50. The third-order valence-corrected chi connectivity index (χ3v) is 2.16. The van der Waals surface area contributed by atoms with Gasteiger partial charge < -0.3 is 19.7 Å². The van der Waals surface area contributed by atoms with Crippen LogP contribution in [0.5, 0.6) is 0 Å². The lowest BCUT2D eigenvalue weighted by molar-refractivity contribution is -0.177. The summed E-state index contributed by atoms with van der Waals surface area (Å²) in [6, 6.07) is -0.459. The molecule has 0 aliphatic rings. The highest BCUT2D eigenvalue weighted by Gasteiger charge is 2.27. The Hall–Kier alpha value is -1.19. The van der Waals surface area contributed by atoms with Gasteiger partial charge in [-0.15, -0.1) is 0 Å². The second-order valence-corrected chi connectivity index (χ2v) is 3.90. The zero-order valence-electron chi connectivity index (χ0n) is 10.4. The maximum atomic E-state index is 11.8. The molecule has 6 nitrogen and oxygen atoms in total. The van der Waals surface area contributed by atoms with Crippen LogP contribution in [0.3, 0.4) is 0 Å². The molecule has 1 rings (SSSR count). The SMILES string of the molecule is COCCCC(N)c1nc(COCC(F)(F)F)no1. The first-order valence-corrected chi connectivity index (χ1v) is 5.64. The van der Waals surface area contributed by atoms with Crippen LogP contribution in [-0.2, 0) is 16.1 Å². The van der Waals surface area contributed by atoms with Gasteiger partial charge in [-0.05, 0) is 12.8 Å². The summed E-state index contributed by atoms with van der Waals surface area (Å²) < 4.78 is 49.7. The number of nitrogens with two attached hydrogens (primary N) is 1. The van der Waals surface area contributed by atoms with E-state index >= 15 is 0 Å². The van der Waals surface area contributed by atoms with Crippen LogP contribution in [0.1, 0.15) is 30.6 Å². The van der Waals surface area contributed by atoms with Crippen molar-refractivity contribution in [3.05, 3.63) is 11.7 Å². The van der Waals surface area contributed by atoms with E-state index in [-0.39, 0.29) is 18.3 Å². The second kappa shape index (κ2) is 7.41. The van der Waals surface area contributed by atoms with Crippen LogP contribution in [0, 0.1) is 0 Å². The van der Waals surface area contributed by atoms with E-state index in [1.165, 1.54) is 0 Å². The molecular weight excluding hydrogens is 267 g/mol. The number of nitrogens with zero attached hydrogens (tertiary/aromatic N) is 2. The molecule has 1 unspecified atom stereocenters. The highest BCUT2D eigenvalue weighted by atomic mass is 19.4. The van der Waals surface area contributed by atoms with Crippen molar-refractivity contribution in [2.45, 2.75) is 31.7 Å². The molecule has 2 N–H and O–H groups in total. The monoisotopic (exact) mass is 283 g/mol. The summed E-state index contributed by atoms with van der Waals surface area (Å²) in [7, 11) is 1.58. The van der Waals surface area contributed by atoms with Crippen LogP contribution in [0.15, 0.2) is 4.52 Å². The van der Waals surface area contributed by atoms with E-state index in [0.717, 1.165) is 6.42 Å². The minimum atomic E-state index is -4.37. The Bertz CT molecular complexity index is 370. The first-order chi connectivity index (χ1) is 8.92. The first-order valence-electron chi connectivity index (χ1n) is 5.64. The number of halogens is 3. The fraction of sp³-hybridized carbons (Fsp3) is 0.800. The standard InChI is InChI=1S/C10H16F3N3O3/c1-17-4-2-3-7(14)9-15-8(16-19-9)5-18-6-10(11,12)13/h7H,2-6,14H2,1H3. The van der Waals surface area contributed by atoms with Gasteiger partial charge in [0, 0.05) is 13.7 Å². The van der Waals surface area contributed by atoms with E-state index in [4.69, 9.17) is 15.0 Å². The van der Waals surface area contributed by atoms with Crippen LogP contribution >= 0.6 is 0 Å². The summed E-state index contributed by atoms with van der Waals surface area (Å²) >= 11 is 0. The molecule has 0 bridgehead atoms. The zero-order chi connectivity index (χ0) is 14.3. The third-order valence-electron chi connectivity index (χ3n) is 2.16. The Labute approximate surface area is 108 Å². The fourth-order valence-electron chi connectivity index (χ4n) is 1.31. The van der Waals surface area contributed by atoms with Gasteiger partial charge in [0.05, 0.1) is 6.04 Å². The maximum Gasteiger partial charge on any atom is 0.411 e. The first kappa shape index (κ1) is 15.9. The van der Waals surface area contributed by atoms with Crippen LogP contribution < -0.4 is 5.73 Å². The Morgan fingerprint density at radius 1 is 1.42 bits per heavy atom. The van der Waals surface area contributed by atoms with Crippen molar-refractivity contribution < 1.29 is 27.2 Å². The predicted molar refractivity (Wildman–Crippen MR) is 58.0 cm³/mol. The zero-order valence-corrected chi connectivity index (χ0v) is 10.4. The molecule has 0 aromatic carbocycles. The minimum absolute atomic E-state index is 0.0430. The van der Waals surface area contributed by atoms with Gasteiger partial charge in [0.15, 0.2) is 5.82 Å². The van der Waals surface area contributed by atoms with Crippen molar-refractivity contribution in [3.8, 4) is 0 Å². The van der Waals surface area contributed by atoms with E-state index in [0.29, 0.717) is 13.0 Å². The van der Waals surface area contributed by atoms with Gasteiger partial charge >= 0.3 is 6.18 Å². The smallest absolute Gasteiger partial charge is 0.385 e. The number of aromatic nitrogens is 2. The Balaban J connectivity index is 2.35. The fourth-order valence-corrected chi connectivity index (χ4v) is 1.31. The Morgan fingerprint density at radius 3 is 2.79 bits per heavy atom. The molecule has 1 aromatic heterocycles. The summed E-state index contributed by atoms with van der Waals surface area (Å²) in [6.07, 6.45) is -3.07. The molecule has 0 saturated carbocycles. The molecule has 0 aliphatic heterocycles. The average Bonchev–Trinajstić information content (AvgIpc) is 2.76. The molecule has 0 amide bonds. The molecular formula is C10H16F3N3O3. The largest absolute Gasteiger partial charge is 0.411 e. The number of rotatable bonds is 8. The van der Waals surface area contributed by atoms with Crippen LogP contribution in [0.25, 0.3) is 0 Å². The van der Waals surface area contributed by atoms with Gasteiger partial charge in [0.2, 0.25) is 5.89 Å².